The van der Waals surface area contributed by atoms with Gasteiger partial charge in [0, 0.05) is 4.90 Å². The molecule has 0 fully saturated rings. The summed E-state index contributed by atoms with van der Waals surface area (Å²) >= 11 is 0. The Kier molecular flexibility index (Phi) is 6.56. The molecule has 0 aliphatic heterocycles. The van der Waals surface area contributed by atoms with E-state index in [-0.39, 0.29) is 4.90 Å². The first kappa shape index (κ1) is 22.4. The Bertz CT molecular complexity index is 857. The van der Waals surface area contributed by atoms with Gasteiger partial charge in [-0.25, -0.2) is 0 Å². The fraction of sp³-hybridized carbons (Fsp3) is 0.364. The topological polar surface area (TPSA) is 37.3 Å². The molecule has 0 amide bonds. The number of hydrogen-bond donors (Lipinski definition) is 1. The van der Waals surface area contributed by atoms with Crippen molar-refractivity contribution >= 4 is 16.9 Å². The smallest absolute Gasteiger partial charge is 0.380 e. The second-order valence-corrected chi connectivity index (χ2v) is 9.14. The van der Waals surface area contributed by atoms with Crippen molar-refractivity contribution < 1.29 is 22.5 Å². The average Bonchev–Trinajstić information content (AvgIpc) is 2.60. The molecule has 1 unspecified atom stereocenters. The molecule has 0 spiro atoms. The molecule has 0 saturated carbocycles. The Morgan fingerprint density at radius 1 is 1.07 bits per heavy atom. The van der Waals surface area contributed by atoms with Crippen molar-refractivity contribution in [1.29, 1.82) is 0 Å². The van der Waals surface area contributed by atoms with E-state index in [1.54, 1.807) is 56.3 Å². The zero-order valence-electron chi connectivity index (χ0n) is 16.2. The minimum absolute atomic E-state index is 0.262. The summed E-state index contributed by atoms with van der Waals surface area (Å²) in [7, 11) is -2.00. The van der Waals surface area contributed by atoms with Crippen LogP contribution >= 0.6 is 0 Å². The van der Waals surface area contributed by atoms with Crippen molar-refractivity contribution in [1.82, 2.24) is 0 Å². The predicted octanol–water partition coefficient (Wildman–Crippen LogP) is 5.41. The number of hydrogen-bond acceptors (Lipinski definition) is 2. The molecule has 2 aromatic carbocycles. The van der Waals surface area contributed by atoms with E-state index in [0.29, 0.717) is 11.1 Å². The van der Waals surface area contributed by atoms with Crippen LogP contribution in [0.4, 0.5) is 13.2 Å². The maximum Gasteiger partial charge on any atom is 0.418 e. The summed E-state index contributed by atoms with van der Waals surface area (Å²) in [4.78, 5) is 0.262. The average molecular weight is 411 g/mol. The number of rotatable bonds is 7. The summed E-state index contributed by atoms with van der Waals surface area (Å²) in [6, 6.07) is 13.4. The second kappa shape index (κ2) is 8.21. The first-order valence-corrected chi connectivity index (χ1v) is 10.2. The van der Waals surface area contributed by atoms with Crippen LogP contribution in [0.5, 0.6) is 0 Å². The fourth-order valence-electron chi connectivity index (χ4n) is 3.34. The van der Waals surface area contributed by atoms with Crippen molar-refractivity contribution in [2.45, 2.75) is 49.3 Å². The van der Waals surface area contributed by atoms with Crippen LogP contribution in [0.2, 0.25) is 0 Å². The summed E-state index contributed by atoms with van der Waals surface area (Å²) in [5, 5.41) is 10.7. The van der Waals surface area contributed by atoms with Gasteiger partial charge in [0.05, 0.1) is 16.6 Å². The molecule has 2 rings (SSSR count). The van der Waals surface area contributed by atoms with Gasteiger partial charge in [-0.05, 0) is 42.0 Å². The predicted molar refractivity (Wildman–Crippen MR) is 108 cm³/mol. The number of aliphatic hydroxyl groups is 1. The first-order chi connectivity index (χ1) is 12.9. The molecule has 0 aliphatic carbocycles. The van der Waals surface area contributed by atoms with E-state index >= 15 is 0 Å². The molecule has 0 radical (unpaired) electrons. The van der Waals surface area contributed by atoms with Gasteiger partial charge in [-0.1, -0.05) is 68.5 Å². The van der Waals surface area contributed by atoms with E-state index in [1.165, 1.54) is 12.1 Å². The Morgan fingerprint density at radius 2 is 1.64 bits per heavy atom. The largest absolute Gasteiger partial charge is 0.418 e. The highest BCUT2D eigenvalue weighted by molar-refractivity contribution is 7.85. The lowest BCUT2D eigenvalue weighted by molar-refractivity contribution is -0.257. The minimum Gasteiger partial charge on any atom is -0.380 e. The zero-order valence-corrected chi connectivity index (χ0v) is 17.0. The molecule has 2 atom stereocenters. The highest BCUT2D eigenvalue weighted by Gasteiger charge is 2.56. The van der Waals surface area contributed by atoms with Gasteiger partial charge in [0.1, 0.15) is 0 Å². The van der Waals surface area contributed by atoms with Gasteiger partial charge in [0.15, 0.2) is 5.60 Å². The monoisotopic (exact) mass is 410 g/mol. The number of aryl methyl sites for hydroxylation is 1. The lowest BCUT2D eigenvalue weighted by Gasteiger charge is -2.38. The van der Waals surface area contributed by atoms with E-state index in [0.717, 1.165) is 5.56 Å². The molecular weight excluding hydrogens is 385 g/mol. The molecule has 2 nitrogen and oxygen atoms in total. The van der Waals surface area contributed by atoms with Gasteiger partial charge < -0.3 is 5.11 Å². The Balaban J connectivity index is 2.38. The van der Waals surface area contributed by atoms with Crippen LogP contribution in [-0.2, 0) is 16.2 Å². The third-order valence-electron chi connectivity index (χ3n) is 4.83. The lowest BCUT2D eigenvalue weighted by atomic mass is 9.74. The molecule has 152 valence electrons. The Labute approximate surface area is 166 Å². The number of halogens is 3. The van der Waals surface area contributed by atoms with E-state index in [1.807, 2.05) is 6.92 Å². The molecular formula is C22H25F3O2S. The number of benzene rings is 2. The third kappa shape index (κ3) is 4.92. The SMILES string of the molecule is C=Cc1ccccc1C(C)(C)CC(O)(C[S@](=O)c1ccc(C)cc1)C(F)(F)F. The second-order valence-electron chi connectivity index (χ2n) is 7.68. The van der Waals surface area contributed by atoms with E-state index < -0.39 is 40.2 Å². The quantitative estimate of drug-likeness (QED) is 0.663. The van der Waals surface area contributed by atoms with Gasteiger partial charge in [-0.15, -0.1) is 0 Å². The van der Waals surface area contributed by atoms with Crippen molar-refractivity contribution in [3.05, 3.63) is 71.8 Å². The van der Waals surface area contributed by atoms with Gasteiger partial charge in [0.2, 0.25) is 0 Å². The van der Waals surface area contributed by atoms with Crippen molar-refractivity contribution in [3.8, 4) is 0 Å². The Morgan fingerprint density at radius 3 is 2.18 bits per heavy atom. The first-order valence-electron chi connectivity index (χ1n) is 8.86. The normalized spacial score (nSPS) is 15.7. The molecule has 2 aromatic rings. The van der Waals surface area contributed by atoms with Gasteiger partial charge >= 0.3 is 6.18 Å². The van der Waals surface area contributed by atoms with E-state index in [9.17, 15) is 22.5 Å². The highest BCUT2D eigenvalue weighted by atomic mass is 32.2. The van der Waals surface area contributed by atoms with Crippen molar-refractivity contribution in [2.75, 3.05) is 5.75 Å². The van der Waals surface area contributed by atoms with Gasteiger partial charge in [-0.2, -0.15) is 13.2 Å². The standard InChI is InChI=1S/C22H25F3O2S/c1-5-17-8-6-7-9-19(17)20(3,4)14-21(26,22(23,24)25)15-28(27)18-12-10-16(2)11-13-18/h5-13,26H,1,14-15H2,2-4H3/t21?,28-/m0/s1. The van der Waals surface area contributed by atoms with E-state index in [4.69, 9.17) is 0 Å². The molecule has 0 heterocycles. The van der Waals surface area contributed by atoms with Crippen LogP contribution in [0, 0.1) is 6.92 Å². The van der Waals surface area contributed by atoms with Crippen molar-refractivity contribution in [2.24, 2.45) is 0 Å². The highest BCUT2D eigenvalue weighted by Crippen LogP contribution is 2.43. The maximum atomic E-state index is 13.9. The molecule has 0 saturated heterocycles. The lowest BCUT2D eigenvalue weighted by Crippen LogP contribution is -2.53. The fourth-order valence-corrected chi connectivity index (χ4v) is 4.65. The molecule has 0 bridgehead atoms. The van der Waals surface area contributed by atoms with Crippen LogP contribution < -0.4 is 0 Å². The summed E-state index contributed by atoms with van der Waals surface area (Å²) in [5.41, 5.74) is -1.85. The summed E-state index contributed by atoms with van der Waals surface area (Å²) in [5.74, 6) is -0.917. The molecule has 6 heteroatoms. The van der Waals surface area contributed by atoms with E-state index in [2.05, 4.69) is 6.58 Å². The van der Waals surface area contributed by atoms with Crippen LogP contribution in [0.3, 0.4) is 0 Å². The maximum absolute atomic E-state index is 13.9. The van der Waals surface area contributed by atoms with Gasteiger partial charge in [-0.3, -0.25) is 4.21 Å². The van der Waals surface area contributed by atoms with Crippen LogP contribution in [0.1, 0.15) is 37.0 Å². The third-order valence-corrected chi connectivity index (χ3v) is 6.36. The molecule has 28 heavy (non-hydrogen) atoms. The van der Waals surface area contributed by atoms with Gasteiger partial charge in [0.25, 0.3) is 0 Å². The van der Waals surface area contributed by atoms with Crippen LogP contribution in [-0.4, -0.2) is 26.8 Å². The Hall–Kier alpha value is -1.92. The number of alkyl halides is 3. The zero-order chi connectivity index (χ0) is 21.2. The van der Waals surface area contributed by atoms with Crippen molar-refractivity contribution in [3.63, 3.8) is 0 Å². The summed E-state index contributed by atoms with van der Waals surface area (Å²) in [6.07, 6.45) is -3.96. The minimum atomic E-state index is -4.92. The molecule has 0 aromatic heterocycles. The summed E-state index contributed by atoms with van der Waals surface area (Å²) in [6.45, 7) is 8.82. The molecule has 1 N–H and O–H groups in total. The van der Waals surface area contributed by atoms with Crippen LogP contribution in [0.25, 0.3) is 6.08 Å². The molecule has 0 aliphatic rings. The summed E-state index contributed by atoms with van der Waals surface area (Å²) < 4.78 is 54.2. The van der Waals surface area contributed by atoms with Crippen LogP contribution in [0.15, 0.2) is 60.0 Å².